The summed E-state index contributed by atoms with van der Waals surface area (Å²) in [6.07, 6.45) is 11.5. The lowest BCUT2D eigenvalue weighted by Gasteiger charge is -2.50. The average Bonchev–Trinajstić information content (AvgIpc) is 3.22. The lowest BCUT2D eigenvalue weighted by Crippen LogP contribution is -2.60. The molecule has 2 amide bonds. The molecule has 1 heterocycles. The van der Waals surface area contributed by atoms with Gasteiger partial charge in [-0.25, -0.2) is 4.79 Å². The van der Waals surface area contributed by atoms with Gasteiger partial charge >= 0.3 is 6.03 Å². The highest BCUT2D eigenvalue weighted by Gasteiger charge is 2.46. The minimum atomic E-state index is -0.200. The van der Waals surface area contributed by atoms with Crippen LogP contribution in [0.2, 0.25) is 0 Å². The molecule has 178 valence electrons. The molecule has 32 heavy (non-hydrogen) atoms. The van der Waals surface area contributed by atoms with Crippen molar-refractivity contribution >= 4 is 11.8 Å². The maximum Gasteiger partial charge on any atom is 0.318 e. The van der Waals surface area contributed by atoms with Crippen molar-refractivity contribution in [3.05, 3.63) is 35.9 Å². The highest BCUT2D eigenvalue weighted by Crippen LogP contribution is 2.47. The zero-order valence-electron chi connectivity index (χ0n) is 20.7. The highest BCUT2D eigenvalue weighted by atomic mass is 16.2. The first-order valence-electron chi connectivity index (χ1n) is 12.9. The number of urea groups is 1. The number of likely N-dealkylation sites (tertiary alicyclic amines) is 1. The molecule has 3 unspecified atom stereocenters. The summed E-state index contributed by atoms with van der Waals surface area (Å²) in [5.74, 6) is 2.26. The lowest BCUT2D eigenvalue weighted by molar-refractivity contribution is -0.120. The number of unbranched alkanes of at least 4 members (excludes halogenated alkanes) is 1. The summed E-state index contributed by atoms with van der Waals surface area (Å²) in [6, 6.07) is 10.4. The molecule has 4 nitrogen and oxygen atoms in total. The van der Waals surface area contributed by atoms with Gasteiger partial charge in [0.1, 0.15) is 0 Å². The first-order chi connectivity index (χ1) is 15.3. The van der Waals surface area contributed by atoms with Gasteiger partial charge in [0, 0.05) is 12.1 Å². The number of hydrogen-bond donors (Lipinski definition) is 1. The van der Waals surface area contributed by atoms with Crippen molar-refractivity contribution < 1.29 is 9.59 Å². The third kappa shape index (κ3) is 6.59. The highest BCUT2D eigenvalue weighted by molar-refractivity contribution is 5.87. The third-order valence-electron chi connectivity index (χ3n) is 7.65. The van der Waals surface area contributed by atoms with Crippen LogP contribution < -0.4 is 5.32 Å². The van der Waals surface area contributed by atoms with E-state index in [1.54, 1.807) is 11.8 Å². The van der Waals surface area contributed by atoms with Crippen LogP contribution in [0, 0.1) is 17.8 Å². The van der Waals surface area contributed by atoms with E-state index in [4.69, 9.17) is 0 Å². The van der Waals surface area contributed by atoms with Gasteiger partial charge in [-0.05, 0) is 88.0 Å². The van der Waals surface area contributed by atoms with Crippen molar-refractivity contribution in [3.63, 3.8) is 0 Å². The molecule has 0 radical (unpaired) electrons. The van der Waals surface area contributed by atoms with Crippen molar-refractivity contribution in [1.82, 2.24) is 10.2 Å². The van der Waals surface area contributed by atoms with Gasteiger partial charge in [0.2, 0.25) is 0 Å². The molecule has 1 aromatic carbocycles. The van der Waals surface area contributed by atoms with Crippen LogP contribution in [-0.2, 0) is 11.2 Å². The Kier molecular flexibility index (Phi) is 8.79. The van der Waals surface area contributed by atoms with Crippen molar-refractivity contribution in [2.75, 3.05) is 6.54 Å². The fourth-order valence-corrected chi connectivity index (χ4v) is 6.61. The van der Waals surface area contributed by atoms with E-state index in [2.05, 4.69) is 56.4 Å². The Morgan fingerprint density at radius 2 is 1.72 bits per heavy atom. The van der Waals surface area contributed by atoms with Gasteiger partial charge in [0.05, 0.1) is 6.04 Å². The van der Waals surface area contributed by atoms with Gasteiger partial charge in [-0.2, -0.15) is 0 Å². The maximum absolute atomic E-state index is 12.8. The van der Waals surface area contributed by atoms with E-state index in [0.29, 0.717) is 11.8 Å². The van der Waals surface area contributed by atoms with Gasteiger partial charge in [0.15, 0.2) is 5.78 Å². The number of aryl methyl sites for hydroxylation is 1. The van der Waals surface area contributed by atoms with E-state index in [0.717, 1.165) is 44.6 Å². The molecular formula is C28H44N2O2. The Bertz CT molecular complexity index is 728. The molecule has 2 bridgehead atoms. The molecule has 2 saturated carbocycles. The van der Waals surface area contributed by atoms with Crippen LogP contribution in [0.1, 0.15) is 91.0 Å². The molecule has 1 saturated heterocycles. The standard InChI is InChI=1S/C18H30N2O2.C10H14/c1-12-7-15-8-13(2)10-18(9-12,11-15)19-17(22)20-6-4-5-16(20)14(3)21;1-2-3-7-10-8-5-4-6-9-10/h12-13,15-16H,4-11H2,1-3H3,(H,19,22);4-6,8-9H,2-3,7H2,1H3. The van der Waals surface area contributed by atoms with Crippen molar-refractivity contribution in [1.29, 1.82) is 0 Å². The molecule has 1 aromatic rings. The molecule has 0 spiro atoms. The normalized spacial score (nSPS) is 31.4. The molecule has 3 fully saturated rings. The molecule has 3 atom stereocenters. The average molecular weight is 441 g/mol. The van der Waals surface area contributed by atoms with E-state index in [-0.39, 0.29) is 23.4 Å². The fraction of sp³-hybridized carbons (Fsp3) is 0.714. The van der Waals surface area contributed by atoms with Gasteiger partial charge in [-0.3, -0.25) is 4.79 Å². The second kappa shape index (κ2) is 11.3. The molecular weight excluding hydrogens is 396 g/mol. The summed E-state index contributed by atoms with van der Waals surface area (Å²) in [4.78, 5) is 26.3. The summed E-state index contributed by atoms with van der Waals surface area (Å²) < 4.78 is 0. The molecule has 1 aliphatic heterocycles. The minimum Gasteiger partial charge on any atom is -0.333 e. The van der Waals surface area contributed by atoms with Crippen molar-refractivity contribution in [2.45, 2.75) is 103 Å². The number of nitrogens with zero attached hydrogens (tertiary/aromatic N) is 1. The number of carbonyl (C=O) groups is 2. The molecule has 4 rings (SSSR count). The predicted octanol–water partition coefficient (Wildman–Crippen LogP) is 6.38. The van der Waals surface area contributed by atoms with Crippen LogP contribution in [0.5, 0.6) is 0 Å². The summed E-state index contributed by atoms with van der Waals surface area (Å²) in [6.45, 7) is 9.19. The Hall–Kier alpha value is -1.84. The van der Waals surface area contributed by atoms with Crippen LogP contribution in [0.15, 0.2) is 30.3 Å². The Morgan fingerprint density at radius 1 is 1.06 bits per heavy atom. The van der Waals surface area contributed by atoms with Gasteiger partial charge in [-0.1, -0.05) is 57.5 Å². The van der Waals surface area contributed by atoms with Crippen LogP contribution in [0.25, 0.3) is 0 Å². The number of carbonyl (C=O) groups excluding carboxylic acids is 2. The molecule has 3 aliphatic rings. The number of ketones is 1. The Balaban J connectivity index is 0.000000243. The largest absolute Gasteiger partial charge is 0.333 e. The number of fused-ring (bicyclic) bond motifs is 2. The maximum atomic E-state index is 12.8. The monoisotopic (exact) mass is 440 g/mol. The Morgan fingerprint density at radius 3 is 2.31 bits per heavy atom. The molecule has 0 aromatic heterocycles. The summed E-state index contributed by atoms with van der Waals surface area (Å²) in [7, 11) is 0. The third-order valence-corrected chi connectivity index (χ3v) is 7.65. The SMILES string of the molecule is CC(=O)C1CCCN1C(=O)NC12CC(C)CC(CC(C)C1)C2.CCCCc1ccccc1. The van der Waals surface area contributed by atoms with E-state index >= 15 is 0 Å². The molecule has 4 heteroatoms. The van der Waals surface area contributed by atoms with E-state index in [1.807, 2.05) is 0 Å². The topological polar surface area (TPSA) is 49.4 Å². The summed E-state index contributed by atoms with van der Waals surface area (Å²) >= 11 is 0. The molecule has 2 aliphatic carbocycles. The van der Waals surface area contributed by atoms with E-state index in [1.165, 1.54) is 37.7 Å². The van der Waals surface area contributed by atoms with Crippen molar-refractivity contribution in [2.24, 2.45) is 17.8 Å². The van der Waals surface area contributed by atoms with Gasteiger partial charge in [0.25, 0.3) is 0 Å². The lowest BCUT2D eigenvalue weighted by atomic mass is 9.61. The number of amides is 2. The Labute approximate surface area is 195 Å². The van der Waals surface area contributed by atoms with Crippen LogP contribution in [0.4, 0.5) is 4.79 Å². The molecule has 1 N–H and O–H groups in total. The predicted molar refractivity (Wildman–Crippen MR) is 132 cm³/mol. The smallest absolute Gasteiger partial charge is 0.318 e. The summed E-state index contributed by atoms with van der Waals surface area (Å²) in [5, 5.41) is 3.39. The summed E-state index contributed by atoms with van der Waals surface area (Å²) in [5.41, 5.74) is 1.44. The first kappa shape index (κ1) is 24.8. The number of hydrogen-bond acceptors (Lipinski definition) is 2. The first-order valence-corrected chi connectivity index (χ1v) is 12.9. The minimum absolute atomic E-state index is 0.000324. The second-order valence-electron chi connectivity index (χ2n) is 10.9. The second-order valence-corrected chi connectivity index (χ2v) is 10.9. The number of rotatable bonds is 5. The quantitative estimate of drug-likeness (QED) is 0.577. The zero-order valence-corrected chi connectivity index (χ0v) is 20.7. The fourth-order valence-electron chi connectivity index (χ4n) is 6.61. The van der Waals surface area contributed by atoms with E-state index in [9.17, 15) is 9.59 Å². The zero-order chi connectivity index (χ0) is 23.1. The number of nitrogens with one attached hydrogen (secondary N) is 1. The van der Waals surface area contributed by atoms with Gasteiger partial charge in [-0.15, -0.1) is 0 Å². The van der Waals surface area contributed by atoms with Crippen LogP contribution in [-0.4, -0.2) is 34.8 Å². The number of Topliss-reactive ketones (excluding diaryl/α,β-unsaturated/α-hetero) is 1. The van der Waals surface area contributed by atoms with Gasteiger partial charge < -0.3 is 10.2 Å². The van der Waals surface area contributed by atoms with Crippen molar-refractivity contribution in [3.8, 4) is 0 Å². The van der Waals surface area contributed by atoms with E-state index < -0.39 is 0 Å². The van der Waals surface area contributed by atoms with Crippen LogP contribution in [0.3, 0.4) is 0 Å². The van der Waals surface area contributed by atoms with Crippen LogP contribution >= 0.6 is 0 Å². The number of benzene rings is 1.